The van der Waals surface area contributed by atoms with Gasteiger partial charge in [-0.1, -0.05) is 6.42 Å². The Kier molecular flexibility index (Phi) is 4.68. The van der Waals surface area contributed by atoms with Crippen molar-refractivity contribution in [2.45, 2.75) is 19.3 Å². The fraction of sp³-hybridized carbons (Fsp3) is 0.500. The summed E-state index contributed by atoms with van der Waals surface area (Å²) in [5.41, 5.74) is 0.0106. The van der Waals surface area contributed by atoms with Gasteiger partial charge in [-0.25, -0.2) is 4.79 Å². The molecule has 0 bridgehead atoms. The van der Waals surface area contributed by atoms with Crippen LogP contribution in [0.25, 0.3) is 0 Å². The second-order valence-electron chi connectivity index (χ2n) is 4.90. The monoisotopic (exact) mass is 281 g/mol. The summed E-state index contributed by atoms with van der Waals surface area (Å²) in [6.45, 7) is 3.00. The van der Waals surface area contributed by atoms with E-state index in [4.69, 9.17) is 4.74 Å². The van der Waals surface area contributed by atoms with Crippen LogP contribution in [0.5, 0.6) is 17.2 Å². The minimum atomic E-state index is -0.644. The van der Waals surface area contributed by atoms with Gasteiger partial charge in [-0.05, 0) is 38.1 Å². The molecule has 1 aliphatic rings. The van der Waals surface area contributed by atoms with Gasteiger partial charge in [0.1, 0.15) is 6.61 Å². The molecule has 1 fully saturated rings. The molecular weight excluding hydrogens is 262 g/mol. The largest absolute Gasteiger partial charge is 0.504 e. The molecule has 6 nitrogen and oxygen atoms in total. The van der Waals surface area contributed by atoms with Crippen LogP contribution in [0.2, 0.25) is 0 Å². The summed E-state index contributed by atoms with van der Waals surface area (Å²) in [5.74, 6) is -2.37. The molecule has 0 unspecified atom stereocenters. The zero-order valence-corrected chi connectivity index (χ0v) is 11.2. The lowest BCUT2D eigenvalue weighted by molar-refractivity contribution is 0.0451. The highest BCUT2D eigenvalue weighted by atomic mass is 16.5. The van der Waals surface area contributed by atoms with E-state index in [1.807, 2.05) is 0 Å². The average molecular weight is 281 g/mol. The van der Waals surface area contributed by atoms with Gasteiger partial charge in [0.2, 0.25) is 0 Å². The maximum atomic E-state index is 11.8. The second-order valence-corrected chi connectivity index (χ2v) is 4.90. The molecule has 0 aliphatic carbocycles. The smallest absolute Gasteiger partial charge is 0.338 e. The maximum absolute atomic E-state index is 11.8. The normalized spacial score (nSPS) is 16.0. The molecule has 1 aromatic carbocycles. The van der Waals surface area contributed by atoms with E-state index in [0.29, 0.717) is 6.54 Å². The highest BCUT2D eigenvalue weighted by Crippen LogP contribution is 2.35. The van der Waals surface area contributed by atoms with Crippen LogP contribution in [0.1, 0.15) is 29.6 Å². The Hall–Kier alpha value is -1.95. The quantitative estimate of drug-likeness (QED) is 0.571. The van der Waals surface area contributed by atoms with Crippen molar-refractivity contribution >= 4 is 5.97 Å². The van der Waals surface area contributed by atoms with Gasteiger partial charge < -0.3 is 20.1 Å². The predicted octanol–water partition coefficient (Wildman–Crippen LogP) is 1.45. The number of rotatable bonds is 4. The molecule has 6 heteroatoms. The number of phenolic OH excluding ortho intramolecular Hbond substituents is 3. The number of hydrogen-bond acceptors (Lipinski definition) is 6. The first-order chi connectivity index (χ1) is 9.58. The molecule has 0 saturated carbocycles. The number of carbonyl (C=O) groups is 1. The zero-order valence-electron chi connectivity index (χ0n) is 11.2. The van der Waals surface area contributed by atoms with Crippen LogP contribution < -0.4 is 0 Å². The summed E-state index contributed by atoms with van der Waals surface area (Å²) in [7, 11) is 0. The number of benzene rings is 1. The minimum absolute atomic E-state index is 0.0106. The number of ether oxygens (including phenoxy) is 1. The lowest BCUT2D eigenvalue weighted by Crippen LogP contribution is -2.33. The molecule has 3 N–H and O–H groups in total. The van der Waals surface area contributed by atoms with Crippen LogP contribution in [0.3, 0.4) is 0 Å². The van der Waals surface area contributed by atoms with Crippen molar-refractivity contribution in [3.63, 3.8) is 0 Å². The lowest BCUT2D eigenvalue weighted by Gasteiger charge is -2.25. The summed E-state index contributed by atoms with van der Waals surface area (Å²) in [6, 6.07) is 2.14. The molecule has 0 aromatic heterocycles. The number of nitrogens with zero attached hydrogens (tertiary/aromatic N) is 1. The maximum Gasteiger partial charge on any atom is 0.338 e. The number of piperidine rings is 1. The third-order valence-corrected chi connectivity index (χ3v) is 3.39. The lowest BCUT2D eigenvalue weighted by atomic mass is 10.1. The van der Waals surface area contributed by atoms with Crippen LogP contribution in [0.4, 0.5) is 0 Å². The molecule has 0 radical (unpaired) electrons. The Morgan fingerprint density at radius 3 is 2.30 bits per heavy atom. The van der Waals surface area contributed by atoms with Crippen LogP contribution in [-0.4, -0.2) is 52.4 Å². The van der Waals surface area contributed by atoms with E-state index in [-0.39, 0.29) is 12.2 Å². The molecule has 1 aromatic rings. The number of phenols is 3. The highest BCUT2D eigenvalue weighted by molar-refractivity contribution is 5.91. The summed E-state index contributed by atoms with van der Waals surface area (Å²) in [5, 5.41) is 27.9. The van der Waals surface area contributed by atoms with Gasteiger partial charge in [-0.3, -0.25) is 4.90 Å². The van der Waals surface area contributed by atoms with E-state index in [1.165, 1.54) is 19.3 Å². The summed E-state index contributed by atoms with van der Waals surface area (Å²) < 4.78 is 5.10. The van der Waals surface area contributed by atoms with Crippen molar-refractivity contribution in [1.29, 1.82) is 0 Å². The van der Waals surface area contributed by atoms with E-state index >= 15 is 0 Å². The van der Waals surface area contributed by atoms with Gasteiger partial charge in [-0.15, -0.1) is 0 Å². The van der Waals surface area contributed by atoms with Gasteiger partial charge in [-0.2, -0.15) is 0 Å². The van der Waals surface area contributed by atoms with E-state index in [1.54, 1.807) is 0 Å². The molecule has 2 rings (SSSR count). The SMILES string of the molecule is O=C(OCCN1CCCCC1)c1cc(O)c(O)c(O)c1. The van der Waals surface area contributed by atoms with E-state index in [0.717, 1.165) is 25.2 Å². The van der Waals surface area contributed by atoms with Gasteiger partial charge in [0.05, 0.1) is 5.56 Å². The molecule has 1 aliphatic heterocycles. The minimum Gasteiger partial charge on any atom is -0.504 e. The highest BCUT2D eigenvalue weighted by Gasteiger charge is 2.15. The van der Waals surface area contributed by atoms with Crippen LogP contribution in [0.15, 0.2) is 12.1 Å². The summed E-state index contributed by atoms with van der Waals surface area (Å²) >= 11 is 0. The predicted molar refractivity (Wildman–Crippen MR) is 72.0 cm³/mol. The Balaban J connectivity index is 1.85. The fourth-order valence-electron chi connectivity index (χ4n) is 2.26. The molecule has 0 spiro atoms. The van der Waals surface area contributed by atoms with Gasteiger partial charge in [0.25, 0.3) is 0 Å². The van der Waals surface area contributed by atoms with Gasteiger partial charge in [0.15, 0.2) is 17.2 Å². The Bertz CT molecular complexity index is 459. The number of hydrogen-bond donors (Lipinski definition) is 3. The van der Waals surface area contributed by atoms with Crippen LogP contribution >= 0.6 is 0 Å². The first-order valence-corrected chi connectivity index (χ1v) is 6.72. The Morgan fingerprint density at radius 2 is 1.70 bits per heavy atom. The fourth-order valence-corrected chi connectivity index (χ4v) is 2.26. The van der Waals surface area contributed by atoms with E-state index in [9.17, 15) is 20.1 Å². The van der Waals surface area contributed by atoms with Gasteiger partial charge >= 0.3 is 5.97 Å². The van der Waals surface area contributed by atoms with Crippen molar-refractivity contribution in [1.82, 2.24) is 4.90 Å². The van der Waals surface area contributed by atoms with E-state index in [2.05, 4.69) is 4.90 Å². The van der Waals surface area contributed by atoms with Crippen molar-refractivity contribution < 1.29 is 24.9 Å². The van der Waals surface area contributed by atoms with Crippen LogP contribution in [-0.2, 0) is 4.74 Å². The van der Waals surface area contributed by atoms with Crippen molar-refractivity contribution in [3.05, 3.63) is 17.7 Å². The molecule has 110 valence electrons. The Labute approximate surface area is 117 Å². The first-order valence-electron chi connectivity index (χ1n) is 6.72. The first kappa shape index (κ1) is 14.5. The van der Waals surface area contributed by atoms with Crippen molar-refractivity contribution in [2.75, 3.05) is 26.2 Å². The topological polar surface area (TPSA) is 90.2 Å². The number of carbonyl (C=O) groups excluding carboxylic acids is 1. The summed E-state index contributed by atoms with van der Waals surface area (Å²) in [6.07, 6.45) is 3.60. The molecule has 1 saturated heterocycles. The van der Waals surface area contributed by atoms with E-state index < -0.39 is 23.2 Å². The number of likely N-dealkylation sites (tertiary alicyclic amines) is 1. The average Bonchev–Trinajstić information content (AvgIpc) is 2.45. The van der Waals surface area contributed by atoms with Crippen molar-refractivity contribution in [2.24, 2.45) is 0 Å². The third kappa shape index (κ3) is 3.54. The van der Waals surface area contributed by atoms with Crippen molar-refractivity contribution in [3.8, 4) is 17.2 Å². The molecule has 0 atom stereocenters. The van der Waals surface area contributed by atoms with Gasteiger partial charge in [0, 0.05) is 6.54 Å². The Morgan fingerprint density at radius 1 is 1.10 bits per heavy atom. The summed E-state index contributed by atoms with van der Waals surface area (Å²) in [4.78, 5) is 14.0. The standard InChI is InChI=1S/C14H19NO5/c16-11-8-10(9-12(17)13(11)18)14(19)20-7-6-15-4-2-1-3-5-15/h8-9,16-18H,1-7H2. The number of esters is 1. The van der Waals surface area contributed by atoms with Crippen LogP contribution in [0, 0.1) is 0 Å². The third-order valence-electron chi connectivity index (χ3n) is 3.39. The molecule has 1 heterocycles. The zero-order chi connectivity index (χ0) is 14.5. The number of aromatic hydroxyl groups is 3. The molecule has 0 amide bonds. The second kappa shape index (κ2) is 6.47. The molecular formula is C14H19NO5. The molecule has 20 heavy (non-hydrogen) atoms.